The molecule has 0 aliphatic rings. The Labute approximate surface area is 125 Å². The van der Waals surface area contributed by atoms with Crippen molar-refractivity contribution in [3.05, 3.63) is 65.2 Å². The fourth-order valence-electron chi connectivity index (χ4n) is 1.84. The Morgan fingerprint density at radius 1 is 1.33 bits per heavy atom. The van der Waals surface area contributed by atoms with E-state index in [-0.39, 0.29) is 11.7 Å². The molecule has 3 heterocycles. The Balaban J connectivity index is 1.60. The Morgan fingerprint density at radius 3 is 2.95 bits per heavy atom. The van der Waals surface area contributed by atoms with E-state index < -0.39 is 0 Å². The number of amides is 1. The third kappa shape index (κ3) is 3.35. The molecule has 0 bridgehead atoms. The normalized spacial score (nSPS) is 10.7. The molecule has 21 heavy (non-hydrogen) atoms. The monoisotopic (exact) mass is 305 g/mol. The Bertz CT molecular complexity index is 730. The SMILES string of the molecule is O=C(NCc1ccco1)c1ccc(Cn2cc(Cl)cn2)o1. The van der Waals surface area contributed by atoms with Gasteiger partial charge in [0.25, 0.3) is 5.91 Å². The molecule has 0 unspecified atom stereocenters. The van der Waals surface area contributed by atoms with Gasteiger partial charge in [-0.15, -0.1) is 0 Å². The molecule has 3 aromatic heterocycles. The van der Waals surface area contributed by atoms with Gasteiger partial charge < -0.3 is 14.2 Å². The fourth-order valence-corrected chi connectivity index (χ4v) is 1.99. The first-order chi connectivity index (χ1) is 10.2. The number of nitrogens with one attached hydrogen (secondary N) is 1. The zero-order chi connectivity index (χ0) is 14.7. The minimum Gasteiger partial charge on any atom is -0.467 e. The number of hydrogen-bond acceptors (Lipinski definition) is 4. The van der Waals surface area contributed by atoms with Crippen molar-refractivity contribution in [1.29, 1.82) is 0 Å². The van der Waals surface area contributed by atoms with Crippen LogP contribution >= 0.6 is 11.6 Å². The molecule has 0 spiro atoms. The van der Waals surface area contributed by atoms with Crippen molar-refractivity contribution < 1.29 is 13.6 Å². The summed E-state index contributed by atoms with van der Waals surface area (Å²) in [6.45, 7) is 0.731. The molecule has 6 nitrogen and oxygen atoms in total. The van der Waals surface area contributed by atoms with E-state index in [0.29, 0.717) is 29.6 Å². The van der Waals surface area contributed by atoms with Gasteiger partial charge in [0.15, 0.2) is 5.76 Å². The van der Waals surface area contributed by atoms with E-state index >= 15 is 0 Å². The maximum absolute atomic E-state index is 11.9. The van der Waals surface area contributed by atoms with Gasteiger partial charge in [0, 0.05) is 6.20 Å². The summed E-state index contributed by atoms with van der Waals surface area (Å²) in [5.41, 5.74) is 0. The number of carbonyl (C=O) groups excluding carboxylic acids is 1. The van der Waals surface area contributed by atoms with Crippen LogP contribution in [0.25, 0.3) is 0 Å². The van der Waals surface area contributed by atoms with Gasteiger partial charge in [0.1, 0.15) is 11.5 Å². The van der Waals surface area contributed by atoms with E-state index in [1.54, 1.807) is 47.6 Å². The predicted octanol–water partition coefficient (Wildman–Crippen LogP) is 2.70. The van der Waals surface area contributed by atoms with Gasteiger partial charge in [-0.2, -0.15) is 5.10 Å². The first-order valence-corrected chi connectivity index (χ1v) is 6.66. The molecular formula is C14H12ClN3O3. The van der Waals surface area contributed by atoms with Crippen molar-refractivity contribution in [2.24, 2.45) is 0 Å². The number of rotatable bonds is 5. The Kier molecular flexibility index (Phi) is 3.79. The van der Waals surface area contributed by atoms with Crippen molar-refractivity contribution in [3.63, 3.8) is 0 Å². The van der Waals surface area contributed by atoms with Crippen molar-refractivity contribution in [2.45, 2.75) is 13.1 Å². The van der Waals surface area contributed by atoms with Crippen LogP contribution in [-0.4, -0.2) is 15.7 Å². The maximum atomic E-state index is 11.9. The lowest BCUT2D eigenvalue weighted by Gasteiger charge is -2.00. The molecule has 3 aromatic rings. The lowest BCUT2D eigenvalue weighted by Crippen LogP contribution is -2.21. The van der Waals surface area contributed by atoms with Gasteiger partial charge in [-0.1, -0.05) is 11.6 Å². The highest BCUT2D eigenvalue weighted by Crippen LogP contribution is 2.12. The van der Waals surface area contributed by atoms with Crippen LogP contribution < -0.4 is 5.32 Å². The molecule has 0 saturated heterocycles. The van der Waals surface area contributed by atoms with E-state index in [2.05, 4.69) is 10.4 Å². The van der Waals surface area contributed by atoms with Gasteiger partial charge in [0.2, 0.25) is 0 Å². The second-order valence-electron chi connectivity index (χ2n) is 4.38. The van der Waals surface area contributed by atoms with Crippen molar-refractivity contribution in [1.82, 2.24) is 15.1 Å². The standard InChI is InChI=1S/C14H12ClN3O3/c15-10-6-17-18(8-10)9-12-3-4-13(21-12)14(19)16-7-11-2-1-5-20-11/h1-6,8H,7,9H2,(H,16,19). The highest BCUT2D eigenvalue weighted by molar-refractivity contribution is 6.30. The van der Waals surface area contributed by atoms with Crippen LogP contribution in [0.15, 0.2) is 51.8 Å². The lowest BCUT2D eigenvalue weighted by molar-refractivity contribution is 0.0918. The zero-order valence-electron chi connectivity index (χ0n) is 11.0. The molecule has 0 fully saturated rings. The maximum Gasteiger partial charge on any atom is 0.287 e. The minimum absolute atomic E-state index is 0.245. The molecule has 0 saturated carbocycles. The summed E-state index contributed by atoms with van der Waals surface area (Å²) in [5, 5.41) is 7.31. The summed E-state index contributed by atoms with van der Waals surface area (Å²) >= 11 is 5.79. The minimum atomic E-state index is -0.295. The van der Waals surface area contributed by atoms with Crippen LogP contribution in [0.2, 0.25) is 5.02 Å². The van der Waals surface area contributed by atoms with E-state index in [1.807, 2.05) is 0 Å². The van der Waals surface area contributed by atoms with Gasteiger partial charge in [-0.3, -0.25) is 9.48 Å². The molecule has 0 aliphatic heterocycles. The number of hydrogen-bond donors (Lipinski definition) is 1. The molecule has 1 amide bonds. The molecule has 7 heteroatoms. The third-order valence-corrected chi connectivity index (χ3v) is 3.00. The van der Waals surface area contributed by atoms with Gasteiger partial charge in [-0.25, -0.2) is 0 Å². The van der Waals surface area contributed by atoms with Crippen LogP contribution in [0.5, 0.6) is 0 Å². The predicted molar refractivity (Wildman–Crippen MR) is 74.9 cm³/mol. The molecule has 0 aromatic carbocycles. The zero-order valence-corrected chi connectivity index (χ0v) is 11.7. The first-order valence-electron chi connectivity index (χ1n) is 6.28. The molecule has 1 N–H and O–H groups in total. The van der Waals surface area contributed by atoms with E-state index in [4.69, 9.17) is 20.4 Å². The van der Waals surface area contributed by atoms with Gasteiger partial charge in [0.05, 0.1) is 30.6 Å². The van der Waals surface area contributed by atoms with Crippen LogP contribution in [0, 0.1) is 0 Å². The van der Waals surface area contributed by atoms with Crippen LogP contribution in [-0.2, 0) is 13.1 Å². The molecule has 108 valence electrons. The quantitative estimate of drug-likeness (QED) is 0.786. The lowest BCUT2D eigenvalue weighted by atomic mass is 10.4. The molecule has 0 aliphatic carbocycles. The summed E-state index contributed by atoms with van der Waals surface area (Å²) < 4.78 is 12.2. The molecule has 3 rings (SSSR count). The fraction of sp³-hybridized carbons (Fsp3) is 0.143. The van der Waals surface area contributed by atoms with Crippen molar-refractivity contribution >= 4 is 17.5 Å². The second-order valence-corrected chi connectivity index (χ2v) is 4.82. The average Bonchev–Trinajstić information content (AvgIpc) is 3.19. The number of nitrogens with zero attached hydrogens (tertiary/aromatic N) is 2. The van der Waals surface area contributed by atoms with Crippen LogP contribution in [0.4, 0.5) is 0 Å². The number of halogens is 1. The highest BCUT2D eigenvalue weighted by Gasteiger charge is 2.12. The van der Waals surface area contributed by atoms with Gasteiger partial charge >= 0.3 is 0 Å². The molecule has 0 radical (unpaired) electrons. The Morgan fingerprint density at radius 2 is 2.24 bits per heavy atom. The van der Waals surface area contributed by atoms with Gasteiger partial charge in [-0.05, 0) is 24.3 Å². The highest BCUT2D eigenvalue weighted by atomic mass is 35.5. The summed E-state index contributed by atoms with van der Waals surface area (Å²) in [4.78, 5) is 11.9. The Hall–Kier alpha value is -2.47. The third-order valence-electron chi connectivity index (χ3n) is 2.81. The smallest absolute Gasteiger partial charge is 0.287 e. The largest absolute Gasteiger partial charge is 0.467 e. The molecular weight excluding hydrogens is 294 g/mol. The topological polar surface area (TPSA) is 73.2 Å². The summed E-state index contributed by atoms with van der Waals surface area (Å²) in [6, 6.07) is 6.91. The van der Waals surface area contributed by atoms with E-state index in [1.165, 1.54) is 0 Å². The summed E-state index contributed by atoms with van der Waals surface area (Å²) in [7, 11) is 0. The average molecular weight is 306 g/mol. The van der Waals surface area contributed by atoms with Crippen LogP contribution in [0.3, 0.4) is 0 Å². The number of carbonyl (C=O) groups is 1. The first kappa shape index (κ1) is 13.5. The second kappa shape index (κ2) is 5.88. The van der Waals surface area contributed by atoms with E-state index in [0.717, 1.165) is 0 Å². The molecule has 0 atom stereocenters. The summed E-state index contributed by atoms with van der Waals surface area (Å²) in [5.74, 6) is 1.25. The summed E-state index contributed by atoms with van der Waals surface area (Å²) in [6.07, 6.45) is 4.78. The number of aromatic nitrogens is 2. The van der Waals surface area contributed by atoms with Crippen molar-refractivity contribution in [3.8, 4) is 0 Å². The number of furan rings is 2. The van der Waals surface area contributed by atoms with E-state index in [9.17, 15) is 4.79 Å². The van der Waals surface area contributed by atoms with Crippen LogP contribution in [0.1, 0.15) is 22.1 Å². The van der Waals surface area contributed by atoms with Crippen molar-refractivity contribution in [2.75, 3.05) is 0 Å².